The monoisotopic (exact) mass is 460 g/mol. The molecule has 0 radical (unpaired) electrons. The fraction of sp³-hybridized carbons (Fsp3) is 0.111. The van der Waals surface area contributed by atoms with Gasteiger partial charge in [0.05, 0.1) is 13.1 Å². The standard InChI is InChI=1S/2C7H8ClN.2C2H3NO3/c2*8-7-3-1-6(5-9)2-4-7;2*3-1(4)2(5)6/h2*1-4H,5,9H2;2*(H2,3,4)(H,5,6). The van der Waals surface area contributed by atoms with E-state index in [4.69, 9.17) is 43.0 Å². The van der Waals surface area contributed by atoms with Gasteiger partial charge in [-0.1, -0.05) is 47.5 Å². The molecule has 2 aromatic rings. The molecular formula is C18H22Cl2N4O6. The van der Waals surface area contributed by atoms with Crippen molar-refractivity contribution in [3.05, 3.63) is 69.7 Å². The summed E-state index contributed by atoms with van der Waals surface area (Å²) in [5, 5.41) is 19.8. The molecule has 2 rings (SSSR count). The Morgan fingerprint density at radius 3 is 1.00 bits per heavy atom. The highest BCUT2D eigenvalue weighted by atomic mass is 35.5. The van der Waals surface area contributed by atoms with Gasteiger partial charge in [0, 0.05) is 21.2 Å². The molecule has 10 N–H and O–H groups in total. The number of quaternary nitrogens is 2. The second kappa shape index (κ2) is 16.7. The van der Waals surface area contributed by atoms with Crippen LogP contribution >= 0.6 is 23.2 Å². The number of carbonyl (C=O) groups excluding carboxylic acids is 4. The van der Waals surface area contributed by atoms with Crippen molar-refractivity contribution in [2.75, 3.05) is 0 Å². The summed E-state index contributed by atoms with van der Waals surface area (Å²) in [6.45, 7) is 1.66. The first-order chi connectivity index (χ1) is 13.9. The lowest BCUT2D eigenvalue weighted by Crippen LogP contribution is -2.47. The molecule has 0 atom stereocenters. The van der Waals surface area contributed by atoms with E-state index in [1.165, 1.54) is 11.1 Å². The average molecular weight is 461 g/mol. The van der Waals surface area contributed by atoms with Gasteiger partial charge in [-0.05, 0) is 24.3 Å². The van der Waals surface area contributed by atoms with Crippen LogP contribution in [0.15, 0.2) is 48.5 Å². The Bertz CT molecular complexity index is 721. The maximum absolute atomic E-state index is 9.26. The van der Waals surface area contributed by atoms with E-state index >= 15 is 0 Å². The van der Waals surface area contributed by atoms with Gasteiger partial charge < -0.3 is 42.7 Å². The number of aliphatic carboxylic acids is 2. The van der Waals surface area contributed by atoms with Crippen LogP contribution in [-0.4, -0.2) is 23.8 Å². The molecule has 0 fully saturated rings. The Balaban J connectivity index is 0. The molecule has 0 aliphatic carbocycles. The molecule has 0 bridgehead atoms. The molecule has 0 aromatic heterocycles. The minimum atomic E-state index is -1.85. The van der Waals surface area contributed by atoms with E-state index in [2.05, 4.69) is 22.9 Å². The van der Waals surface area contributed by atoms with E-state index < -0.39 is 23.8 Å². The molecule has 10 nitrogen and oxygen atoms in total. The van der Waals surface area contributed by atoms with Gasteiger partial charge in [-0.15, -0.1) is 0 Å². The molecule has 2 aromatic carbocycles. The van der Waals surface area contributed by atoms with Gasteiger partial charge in [0.1, 0.15) is 11.9 Å². The van der Waals surface area contributed by atoms with E-state index in [-0.39, 0.29) is 0 Å². The first-order valence-electron chi connectivity index (χ1n) is 8.03. The summed E-state index contributed by atoms with van der Waals surface area (Å²) in [5.41, 5.74) is 18.2. The molecule has 2 amide bonds. The highest BCUT2D eigenvalue weighted by Gasteiger charge is 1.89. The largest absolute Gasteiger partial charge is 0.540 e. The number of carbonyl (C=O) groups is 4. The number of primary amides is 2. The van der Waals surface area contributed by atoms with Crippen LogP contribution in [0.3, 0.4) is 0 Å². The molecule has 0 unspecified atom stereocenters. The fourth-order valence-corrected chi connectivity index (χ4v) is 1.55. The number of amides is 2. The van der Waals surface area contributed by atoms with Crippen LogP contribution in [-0.2, 0) is 32.3 Å². The number of carboxylic acid groups (broad SMARTS) is 2. The fourth-order valence-electron chi connectivity index (χ4n) is 1.30. The highest BCUT2D eigenvalue weighted by molar-refractivity contribution is 6.31. The van der Waals surface area contributed by atoms with Crippen molar-refractivity contribution in [2.24, 2.45) is 11.5 Å². The molecule has 0 saturated heterocycles. The van der Waals surface area contributed by atoms with E-state index in [0.29, 0.717) is 0 Å². The summed E-state index contributed by atoms with van der Waals surface area (Å²) in [4.78, 5) is 36.7. The van der Waals surface area contributed by atoms with Gasteiger partial charge in [-0.2, -0.15) is 0 Å². The summed E-state index contributed by atoms with van der Waals surface area (Å²) in [6, 6.07) is 15.4. The Labute approximate surface area is 182 Å². The number of benzene rings is 2. The molecule has 0 spiro atoms. The smallest absolute Gasteiger partial charge is 0.264 e. The maximum Gasteiger partial charge on any atom is 0.264 e. The van der Waals surface area contributed by atoms with Gasteiger partial charge in [0.25, 0.3) is 11.8 Å². The van der Waals surface area contributed by atoms with Crippen molar-refractivity contribution in [1.29, 1.82) is 0 Å². The van der Waals surface area contributed by atoms with Crippen molar-refractivity contribution >= 4 is 47.0 Å². The normalized spacial score (nSPS) is 8.67. The zero-order chi connectivity index (χ0) is 23.7. The Kier molecular flexibility index (Phi) is 16.2. The van der Waals surface area contributed by atoms with Gasteiger partial charge in [0.15, 0.2) is 0 Å². The molecule has 164 valence electrons. The zero-order valence-corrected chi connectivity index (χ0v) is 17.3. The molecule has 30 heavy (non-hydrogen) atoms. The summed E-state index contributed by atoms with van der Waals surface area (Å²) in [5.74, 6) is -6.57. The van der Waals surface area contributed by atoms with Crippen LogP contribution in [0.1, 0.15) is 11.1 Å². The predicted molar refractivity (Wildman–Crippen MR) is 104 cm³/mol. The molecule has 12 heteroatoms. The average Bonchev–Trinajstić information content (AvgIpc) is 2.70. The van der Waals surface area contributed by atoms with Crippen LogP contribution in [0.5, 0.6) is 0 Å². The van der Waals surface area contributed by atoms with Crippen molar-refractivity contribution in [3.8, 4) is 0 Å². The zero-order valence-electron chi connectivity index (χ0n) is 15.8. The van der Waals surface area contributed by atoms with E-state index in [0.717, 1.165) is 23.1 Å². The lowest BCUT2D eigenvalue weighted by Gasteiger charge is -1.91. The van der Waals surface area contributed by atoms with Gasteiger partial charge in [-0.25, -0.2) is 0 Å². The molecule has 0 saturated carbocycles. The first kappa shape index (κ1) is 29.0. The molecule has 0 aliphatic rings. The topological polar surface area (TPSA) is 222 Å². The van der Waals surface area contributed by atoms with Gasteiger partial charge in [0.2, 0.25) is 0 Å². The second-order valence-corrected chi connectivity index (χ2v) is 5.93. The maximum atomic E-state index is 9.26. The third kappa shape index (κ3) is 17.0. The van der Waals surface area contributed by atoms with Crippen LogP contribution < -0.4 is 33.1 Å². The van der Waals surface area contributed by atoms with E-state index in [9.17, 15) is 9.59 Å². The van der Waals surface area contributed by atoms with E-state index in [1.54, 1.807) is 0 Å². The predicted octanol–water partition coefficient (Wildman–Crippen LogP) is -3.39. The van der Waals surface area contributed by atoms with Crippen molar-refractivity contribution in [3.63, 3.8) is 0 Å². The Morgan fingerprint density at radius 1 is 0.667 bits per heavy atom. The quantitative estimate of drug-likeness (QED) is 0.334. The van der Waals surface area contributed by atoms with Gasteiger partial charge >= 0.3 is 0 Å². The van der Waals surface area contributed by atoms with Crippen LogP contribution in [0, 0.1) is 0 Å². The molecular weight excluding hydrogens is 439 g/mol. The van der Waals surface area contributed by atoms with Crippen LogP contribution in [0.25, 0.3) is 0 Å². The minimum Gasteiger partial charge on any atom is -0.540 e. The Hall–Kier alpha value is -3.18. The number of rotatable bonds is 2. The molecule has 0 aliphatic heterocycles. The number of nitrogens with two attached hydrogens (primary N) is 2. The summed E-state index contributed by atoms with van der Waals surface area (Å²) in [7, 11) is 0. The lowest BCUT2D eigenvalue weighted by molar-refractivity contribution is -0.386. The summed E-state index contributed by atoms with van der Waals surface area (Å²) < 4.78 is 0. The summed E-state index contributed by atoms with van der Waals surface area (Å²) >= 11 is 11.3. The van der Waals surface area contributed by atoms with Crippen LogP contribution in [0.2, 0.25) is 10.0 Å². The Morgan fingerprint density at radius 2 is 0.867 bits per heavy atom. The van der Waals surface area contributed by atoms with Gasteiger partial charge in [-0.3, -0.25) is 9.59 Å². The second-order valence-electron chi connectivity index (χ2n) is 5.06. The minimum absolute atomic E-state index is 0.784. The van der Waals surface area contributed by atoms with Crippen molar-refractivity contribution < 1.29 is 40.9 Å². The number of hydrogen-bond acceptors (Lipinski definition) is 6. The number of carboxylic acids is 2. The first-order valence-corrected chi connectivity index (χ1v) is 8.79. The highest BCUT2D eigenvalue weighted by Crippen LogP contribution is 2.08. The molecule has 0 heterocycles. The van der Waals surface area contributed by atoms with Crippen molar-refractivity contribution in [1.82, 2.24) is 0 Å². The third-order valence-corrected chi connectivity index (χ3v) is 3.31. The lowest BCUT2D eigenvalue weighted by atomic mass is 10.2. The van der Waals surface area contributed by atoms with Crippen LogP contribution in [0.4, 0.5) is 0 Å². The number of halogens is 2. The summed E-state index contributed by atoms with van der Waals surface area (Å²) in [6.07, 6.45) is 0. The number of hydrogen-bond donors (Lipinski definition) is 4. The van der Waals surface area contributed by atoms with Crippen molar-refractivity contribution in [2.45, 2.75) is 13.1 Å². The third-order valence-electron chi connectivity index (χ3n) is 2.81. The SMILES string of the molecule is NC(=O)C(=O)[O-].NC(=O)C(=O)[O-].[NH3+]Cc1ccc(Cl)cc1.[NH3+]Cc1ccc(Cl)cc1. The van der Waals surface area contributed by atoms with E-state index in [1.807, 2.05) is 48.5 Å².